The number of alkyl halides is 3. The van der Waals surface area contributed by atoms with Crippen molar-refractivity contribution in [3.05, 3.63) is 53.7 Å². The van der Waals surface area contributed by atoms with Crippen LogP contribution in [0.1, 0.15) is 28.8 Å². The molecule has 1 aromatic carbocycles. The molecule has 5 nitrogen and oxygen atoms in total. The zero-order valence-electron chi connectivity index (χ0n) is 13.8. The van der Waals surface area contributed by atoms with Gasteiger partial charge in [0, 0.05) is 25.0 Å². The second kappa shape index (κ2) is 7.74. The molecule has 1 aliphatic heterocycles. The van der Waals surface area contributed by atoms with E-state index in [2.05, 4.69) is 15.6 Å². The van der Waals surface area contributed by atoms with Crippen molar-refractivity contribution in [1.29, 1.82) is 0 Å². The predicted molar refractivity (Wildman–Crippen MR) is 90.3 cm³/mol. The summed E-state index contributed by atoms with van der Waals surface area (Å²) >= 11 is 0. The molecule has 1 fully saturated rings. The van der Waals surface area contributed by atoms with Gasteiger partial charge in [-0.3, -0.25) is 4.79 Å². The maximum absolute atomic E-state index is 12.5. The summed E-state index contributed by atoms with van der Waals surface area (Å²) in [6, 6.07) is 7.84. The largest absolute Gasteiger partial charge is 0.416 e. The Hall–Kier alpha value is -2.61. The van der Waals surface area contributed by atoms with Crippen molar-refractivity contribution in [2.45, 2.75) is 25.1 Å². The summed E-state index contributed by atoms with van der Waals surface area (Å²) in [5.74, 6) is 0.189. The van der Waals surface area contributed by atoms with Crippen molar-refractivity contribution in [1.82, 2.24) is 10.3 Å². The third-order valence-corrected chi connectivity index (χ3v) is 4.02. The zero-order chi connectivity index (χ0) is 18.6. The number of aromatic nitrogens is 1. The number of ether oxygens (including phenoxy) is 1. The van der Waals surface area contributed by atoms with E-state index >= 15 is 0 Å². The van der Waals surface area contributed by atoms with Crippen molar-refractivity contribution in [2.24, 2.45) is 0 Å². The molecular formula is C18H18F3N3O2. The van der Waals surface area contributed by atoms with Crippen molar-refractivity contribution >= 4 is 17.4 Å². The first kappa shape index (κ1) is 18.2. The molecule has 0 aliphatic carbocycles. The molecule has 1 unspecified atom stereocenters. The normalized spacial score (nSPS) is 17.1. The molecule has 0 saturated carbocycles. The Labute approximate surface area is 148 Å². The molecule has 2 heterocycles. The van der Waals surface area contributed by atoms with Crippen LogP contribution >= 0.6 is 0 Å². The lowest BCUT2D eigenvalue weighted by Crippen LogP contribution is -2.31. The van der Waals surface area contributed by atoms with Crippen LogP contribution in [0.2, 0.25) is 0 Å². The monoisotopic (exact) mass is 365 g/mol. The molecule has 26 heavy (non-hydrogen) atoms. The second-order valence-corrected chi connectivity index (χ2v) is 5.98. The van der Waals surface area contributed by atoms with Crippen LogP contribution in [0, 0.1) is 0 Å². The predicted octanol–water partition coefficient (Wildman–Crippen LogP) is 3.75. The fourth-order valence-corrected chi connectivity index (χ4v) is 2.61. The van der Waals surface area contributed by atoms with Gasteiger partial charge in [-0.25, -0.2) is 4.98 Å². The molecule has 1 saturated heterocycles. The molecule has 1 aliphatic rings. The van der Waals surface area contributed by atoms with Gasteiger partial charge in [-0.15, -0.1) is 0 Å². The Balaban J connectivity index is 1.56. The van der Waals surface area contributed by atoms with Crippen molar-refractivity contribution in [3.8, 4) is 0 Å². The highest BCUT2D eigenvalue weighted by atomic mass is 19.4. The fraction of sp³-hybridized carbons (Fsp3) is 0.333. The average molecular weight is 365 g/mol. The molecular weight excluding hydrogens is 347 g/mol. The molecule has 1 atom stereocenters. The van der Waals surface area contributed by atoms with E-state index in [0.29, 0.717) is 23.6 Å². The third kappa shape index (κ3) is 4.72. The number of nitrogens with zero attached hydrogens (tertiary/aromatic N) is 1. The number of pyridine rings is 1. The molecule has 1 amide bonds. The van der Waals surface area contributed by atoms with E-state index in [1.807, 2.05) is 0 Å². The topological polar surface area (TPSA) is 63.2 Å². The maximum Gasteiger partial charge on any atom is 0.416 e. The lowest BCUT2D eigenvalue weighted by molar-refractivity contribution is -0.137. The van der Waals surface area contributed by atoms with Crippen molar-refractivity contribution in [3.63, 3.8) is 0 Å². The number of nitrogens with one attached hydrogen (secondary N) is 2. The second-order valence-electron chi connectivity index (χ2n) is 5.98. The SMILES string of the molecule is O=C(NCC1CCCO1)c1ccc(Nc2ccc(C(F)(F)F)cc2)nc1. The fourth-order valence-electron chi connectivity index (χ4n) is 2.61. The van der Waals surface area contributed by atoms with Gasteiger partial charge in [-0.1, -0.05) is 0 Å². The van der Waals surface area contributed by atoms with Gasteiger partial charge in [0.15, 0.2) is 0 Å². The Morgan fingerprint density at radius 1 is 1.19 bits per heavy atom. The molecule has 1 aromatic heterocycles. The van der Waals surface area contributed by atoms with Crippen LogP contribution in [0.5, 0.6) is 0 Å². The minimum absolute atomic E-state index is 0.0625. The standard InChI is InChI=1S/C18H18F3N3O2/c19-18(20,21)13-4-6-14(7-5-13)24-16-8-3-12(10-22-16)17(25)23-11-15-2-1-9-26-15/h3-8,10,15H,1-2,9,11H2,(H,22,24)(H,23,25). The van der Waals surface area contributed by atoms with Gasteiger partial charge in [0.05, 0.1) is 17.2 Å². The van der Waals surface area contributed by atoms with Gasteiger partial charge < -0.3 is 15.4 Å². The summed E-state index contributed by atoms with van der Waals surface area (Å²) in [7, 11) is 0. The molecule has 138 valence electrons. The Morgan fingerprint density at radius 3 is 2.54 bits per heavy atom. The molecule has 0 radical (unpaired) electrons. The van der Waals surface area contributed by atoms with Crippen LogP contribution < -0.4 is 10.6 Å². The minimum atomic E-state index is -4.37. The number of carbonyl (C=O) groups excluding carboxylic acids is 1. The highest BCUT2D eigenvalue weighted by molar-refractivity contribution is 5.94. The highest BCUT2D eigenvalue weighted by Crippen LogP contribution is 2.30. The zero-order valence-corrected chi connectivity index (χ0v) is 13.8. The van der Waals surface area contributed by atoms with E-state index in [-0.39, 0.29) is 12.0 Å². The Kier molecular flexibility index (Phi) is 5.41. The number of halogens is 3. The van der Waals surface area contributed by atoms with Gasteiger partial charge in [0.1, 0.15) is 5.82 Å². The third-order valence-electron chi connectivity index (χ3n) is 4.02. The Morgan fingerprint density at radius 2 is 1.96 bits per heavy atom. The van der Waals surface area contributed by atoms with Crippen LogP contribution in [0.25, 0.3) is 0 Å². The molecule has 0 bridgehead atoms. The van der Waals surface area contributed by atoms with Crippen LogP contribution in [-0.4, -0.2) is 30.1 Å². The first-order valence-electron chi connectivity index (χ1n) is 8.22. The molecule has 2 N–H and O–H groups in total. The van der Waals surface area contributed by atoms with E-state index < -0.39 is 11.7 Å². The van der Waals surface area contributed by atoms with Gasteiger partial charge in [0.2, 0.25) is 0 Å². The average Bonchev–Trinajstić information content (AvgIpc) is 3.13. The van der Waals surface area contributed by atoms with E-state index in [1.165, 1.54) is 18.3 Å². The number of carbonyl (C=O) groups is 1. The summed E-state index contributed by atoms with van der Waals surface area (Å²) in [4.78, 5) is 16.2. The molecule has 2 aromatic rings. The van der Waals surface area contributed by atoms with Crippen LogP contribution in [-0.2, 0) is 10.9 Å². The summed E-state index contributed by atoms with van der Waals surface area (Å²) in [5, 5.41) is 5.69. The minimum Gasteiger partial charge on any atom is -0.376 e. The van der Waals surface area contributed by atoms with Crippen molar-refractivity contribution in [2.75, 3.05) is 18.5 Å². The summed E-state index contributed by atoms with van der Waals surface area (Å²) < 4.78 is 43.1. The van der Waals surface area contributed by atoms with Gasteiger partial charge in [-0.2, -0.15) is 13.2 Å². The lowest BCUT2D eigenvalue weighted by Gasteiger charge is -2.11. The van der Waals surface area contributed by atoms with Crippen molar-refractivity contribution < 1.29 is 22.7 Å². The van der Waals surface area contributed by atoms with Crippen LogP contribution in [0.15, 0.2) is 42.6 Å². The first-order chi connectivity index (χ1) is 12.4. The number of anilines is 2. The summed E-state index contributed by atoms with van der Waals surface area (Å²) in [5.41, 5.74) is 0.163. The Bertz CT molecular complexity index is 740. The first-order valence-corrected chi connectivity index (χ1v) is 8.22. The van der Waals surface area contributed by atoms with E-state index in [9.17, 15) is 18.0 Å². The van der Waals surface area contributed by atoms with Gasteiger partial charge in [-0.05, 0) is 49.2 Å². The van der Waals surface area contributed by atoms with Crippen LogP contribution in [0.4, 0.5) is 24.7 Å². The number of amides is 1. The number of benzene rings is 1. The quantitative estimate of drug-likeness (QED) is 0.847. The van der Waals surface area contributed by atoms with Gasteiger partial charge >= 0.3 is 6.18 Å². The summed E-state index contributed by atoms with van der Waals surface area (Å²) in [6.45, 7) is 1.19. The maximum atomic E-state index is 12.5. The van der Waals surface area contributed by atoms with E-state index in [0.717, 1.165) is 31.6 Å². The molecule has 8 heteroatoms. The molecule has 0 spiro atoms. The highest BCUT2D eigenvalue weighted by Gasteiger charge is 2.29. The van der Waals surface area contributed by atoms with E-state index in [4.69, 9.17) is 4.74 Å². The lowest BCUT2D eigenvalue weighted by atomic mass is 10.2. The molecule has 3 rings (SSSR count). The number of hydrogen-bond acceptors (Lipinski definition) is 4. The van der Waals surface area contributed by atoms with Crippen LogP contribution in [0.3, 0.4) is 0 Å². The number of rotatable bonds is 5. The van der Waals surface area contributed by atoms with Gasteiger partial charge in [0.25, 0.3) is 5.91 Å². The summed E-state index contributed by atoms with van der Waals surface area (Å²) in [6.07, 6.45) is -0.944. The van der Waals surface area contributed by atoms with E-state index in [1.54, 1.807) is 12.1 Å². The smallest absolute Gasteiger partial charge is 0.376 e. The number of hydrogen-bond donors (Lipinski definition) is 2.